The van der Waals surface area contributed by atoms with Gasteiger partial charge in [0.15, 0.2) is 0 Å². The molecule has 130 valence electrons. The first kappa shape index (κ1) is 20.0. The molecule has 1 aromatic rings. The highest BCUT2D eigenvalue weighted by molar-refractivity contribution is 7.88. The lowest BCUT2D eigenvalue weighted by molar-refractivity contribution is 0.0710. The van der Waals surface area contributed by atoms with Gasteiger partial charge in [-0.15, -0.1) is 0 Å². The zero-order valence-corrected chi connectivity index (χ0v) is 15.6. The topological polar surface area (TPSA) is 86.7 Å². The third-order valence-electron chi connectivity index (χ3n) is 3.12. The van der Waals surface area contributed by atoms with Gasteiger partial charge in [-0.3, -0.25) is 4.90 Å². The maximum Gasteiger partial charge on any atom is 0.408 e. The van der Waals surface area contributed by atoms with Crippen molar-refractivity contribution in [3.8, 4) is 0 Å². The van der Waals surface area contributed by atoms with Crippen molar-refractivity contribution in [3.05, 3.63) is 33.8 Å². The second-order valence-corrected chi connectivity index (χ2v) is 8.72. The van der Waals surface area contributed by atoms with Crippen LogP contribution >= 0.6 is 23.2 Å². The molecule has 1 atom stereocenters. The highest BCUT2D eigenvalue weighted by Gasteiger charge is 2.35. The average molecular weight is 383 g/mol. The Morgan fingerprint density at radius 1 is 1.35 bits per heavy atom. The smallest absolute Gasteiger partial charge is 0.408 e. The largest absolute Gasteiger partial charge is 0.465 e. The lowest BCUT2D eigenvalue weighted by atomic mass is 9.98. The van der Waals surface area contributed by atoms with Crippen molar-refractivity contribution in [2.75, 3.05) is 12.8 Å². The van der Waals surface area contributed by atoms with Gasteiger partial charge in [0.2, 0.25) is 10.0 Å². The summed E-state index contributed by atoms with van der Waals surface area (Å²) in [6, 6.07) is 4.02. The van der Waals surface area contributed by atoms with Crippen molar-refractivity contribution in [1.29, 1.82) is 0 Å². The van der Waals surface area contributed by atoms with Crippen LogP contribution in [0.4, 0.5) is 4.79 Å². The van der Waals surface area contributed by atoms with Crippen molar-refractivity contribution in [2.45, 2.75) is 32.4 Å². The van der Waals surface area contributed by atoms with Crippen molar-refractivity contribution in [2.24, 2.45) is 0 Å². The Labute approximate surface area is 146 Å². The van der Waals surface area contributed by atoms with Crippen LogP contribution in [0.25, 0.3) is 0 Å². The molecule has 0 aromatic heterocycles. The van der Waals surface area contributed by atoms with Crippen LogP contribution in [0.5, 0.6) is 0 Å². The lowest BCUT2D eigenvalue weighted by Gasteiger charge is -2.40. The van der Waals surface area contributed by atoms with Crippen LogP contribution in [-0.4, -0.2) is 42.9 Å². The van der Waals surface area contributed by atoms with E-state index >= 15 is 0 Å². The minimum absolute atomic E-state index is 0.150. The number of nitrogens with one attached hydrogen (secondary N) is 1. The summed E-state index contributed by atoms with van der Waals surface area (Å²) in [5.41, 5.74) is -0.339. The summed E-state index contributed by atoms with van der Waals surface area (Å²) in [7, 11) is -3.50. The van der Waals surface area contributed by atoms with Gasteiger partial charge in [-0.2, -0.15) is 0 Å². The van der Waals surface area contributed by atoms with Crippen LogP contribution in [0.1, 0.15) is 32.4 Å². The molecule has 1 aromatic carbocycles. The molecule has 1 amide bonds. The molecule has 1 unspecified atom stereocenters. The van der Waals surface area contributed by atoms with Crippen molar-refractivity contribution in [1.82, 2.24) is 9.62 Å². The number of amides is 1. The van der Waals surface area contributed by atoms with Crippen molar-refractivity contribution in [3.63, 3.8) is 0 Å². The Kier molecular flexibility index (Phi) is 6.32. The maximum absolute atomic E-state index is 11.8. The number of sulfonamides is 1. The number of carbonyl (C=O) groups is 1. The van der Waals surface area contributed by atoms with Crippen LogP contribution < -0.4 is 4.72 Å². The predicted octanol–water partition coefficient (Wildman–Crippen LogP) is 3.36. The first-order valence-corrected chi connectivity index (χ1v) is 9.40. The number of hydrogen-bond donors (Lipinski definition) is 2. The number of benzene rings is 1. The first-order valence-electron chi connectivity index (χ1n) is 6.75. The van der Waals surface area contributed by atoms with E-state index < -0.39 is 27.7 Å². The Morgan fingerprint density at radius 2 is 1.91 bits per heavy atom. The predicted molar refractivity (Wildman–Crippen MR) is 91.7 cm³/mol. The van der Waals surface area contributed by atoms with Gasteiger partial charge < -0.3 is 5.11 Å². The fourth-order valence-corrected chi connectivity index (χ4v) is 3.13. The minimum Gasteiger partial charge on any atom is -0.465 e. The molecular formula is C14H20Cl2N2O4S. The zero-order chi connectivity index (χ0) is 18.0. The van der Waals surface area contributed by atoms with Gasteiger partial charge in [-0.05, 0) is 32.4 Å². The quantitative estimate of drug-likeness (QED) is 0.816. The van der Waals surface area contributed by atoms with Crippen LogP contribution in [0.15, 0.2) is 18.2 Å². The Morgan fingerprint density at radius 3 is 2.35 bits per heavy atom. The number of carboxylic acid groups (broad SMARTS) is 1. The maximum atomic E-state index is 11.8. The molecule has 0 saturated carbocycles. The number of nitrogens with zero attached hydrogens (tertiary/aromatic N) is 1. The minimum atomic E-state index is -3.50. The number of hydrogen-bond acceptors (Lipinski definition) is 3. The molecule has 0 fully saturated rings. The molecule has 1 rings (SSSR count). The fourth-order valence-electron chi connectivity index (χ4n) is 2.24. The summed E-state index contributed by atoms with van der Waals surface area (Å²) in [4.78, 5) is 12.9. The van der Waals surface area contributed by atoms with E-state index in [9.17, 15) is 18.3 Å². The van der Waals surface area contributed by atoms with Gasteiger partial charge in [-0.1, -0.05) is 35.3 Å². The van der Waals surface area contributed by atoms with E-state index in [0.717, 1.165) is 11.2 Å². The van der Waals surface area contributed by atoms with E-state index in [1.165, 1.54) is 0 Å². The number of halogens is 2. The molecule has 0 aliphatic rings. The second kappa shape index (κ2) is 7.25. The van der Waals surface area contributed by atoms with Crippen molar-refractivity contribution >= 4 is 39.3 Å². The molecule has 2 N–H and O–H groups in total. The molecule has 9 heteroatoms. The SMILES string of the molecule is CC(C)(C)N(C(=O)O)C(CNS(C)(=O)=O)c1cccc(Cl)c1Cl. The third-order valence-corrected chi connectivity index (χ3v) is 4.64. The average Bonchev–Trinajstić information content (AvgIpc) is 2.34. The zero-order valence-electron chi connectivity index (χ0n) is 13.3. The molecule has 6 nitrogen and oxygen atoms in total. The van der Waals surface area contributed by atoms with Gasteiger partial charge in [0.1, 0.15) is 0 Å². The van der Waals surface area contributed by atoms with Gasteiger partial charge >= 0.3 is 6.09 Å². The molecular weight excluding hydrogens is 363 g/mol. The lowest BCUT2D eigenvalue weighted by Crippen LogP contribution is -2.50. The molecule has 0 bridgehead atoms. The Bertz CT molecular complexity index is 687. The van der Waals surface area contributed by atoms with Crippen LogP contribution in [0.3, 0.4) is 0 Å². The summed E-state index contributed by atoms with van der Waals surface area (Å²) in [5, 5.41) is 10.1. The number of rotatable bonds is 5. The second-order valence-electron chi connectivity index (χ2n) is 6.10. The molecule has 0 radical (unpaired) electrons. The summed E-state index contributed by atoms with van der Waals surface area (Å²) in [5.74, 6) is 0. The highest BCUT2D eigenvalue weighted by Crippen LogP contribution is 2.35. The summed E-state index contributed by atoms with van der Waals surface area (Å²) < 4.78 is 25.2. The third kappa shape index (κ3) is 5.53. The summed E-state index contributed by atoms with van der Waals surface area (Å²) in [6.45, 7) is 5.00. The molecule has 0 aliphatic carbocycles. The van der Waals surface area contributed by atoms with Gasteiger partial charge in [0, 0.05) is 12.1 Å². The molecule has 0 heterocycles. The van der Waals surface area contributed by atoms with E-state index in [-0.39, 0.29) is 16.6 Å². The van der Waals surface area contributed by atoms with Gasteiger partial charge in [0.25, 0.3) is 0 Å². The fraction of sp³-hybridized carbons (Fsp3) is 0.500. The van der Waals surface area contributed by atoms with Crippen molar-refractivity contribution < 1.29 is 18.3 Å². The molecule has 0 aliphatic heterocycles. The van der Waals surface area contributed by atoms with Crippen LogP contribution in [0.2, 0.25) is 10.0 Å². The van der Waals surface area contributed by atoms with E-state index in [0.29, 0.717) is 5.56 Å². The van der Waals surface area contributed by atoms with E-state index in [2.05, 4.69) is 4.72 Å². The summed E-state index contributed by atoms with van der Waals surface area (Å²) in [6.07, 6.45) is -0.180. The van der Waals surface area contributed by atoms with E-state index in [4.69, 9.17) is 23.2 Å². The summed E-state index contributed by atoms with van der Waals surface area (Å²) >= 11 is 12.2. The van der Waals surface area contributed by atoms with Gasteiger partial charge in [-0.25, -0.2) is 17.9 Å². The van der Waals surface area contributed by atoms with E-state index in [1.54, 1.807) is 39.0 Å². The Balaban J connectivity index is 3.42. The Hall–Kier alpha value is -1.02. The van der Waals surface area contributed by atoms with Crippen LogP contribution in [-0.2, 0) is 10.0 Å². The molecule has 23 heavy (non-hydrogen) atoms. The van der Waals surface area contributed by atoms with Gasteiger partial charge in [0.05, 0.1) is 22.3 Å². The highest BCUT2D eigenvalue weighted by atomic mass is 35.5. The van der Waals surface area contributed by atoms with Crippen LogP contribution in [0, 0.1) is 0 Å². The van der Waals surface area contributed by atoms with E-state index in [1.807, 2.05) is 0 Å². The molecule has 0 spiro atoms. The monoisotopic (exact) mass is 382 g/mol. The molecule has 0 saturated heterocycles. The standard InChI is InChI=1S/C14H20Cl2N2O4S/c1-14(2,3)18(13(19)20)11(8-17-23(4,21)22)9-6-5-7-10(15)12(9)16/h5-7,11,17H,8H2,1-4H3,(H,19,20). The normalized spacial score (nSPS) is 13.7. The first-order chi connectivity index (χ1) is 10.3.